The van der Waals surface area contributed by atoms with Gasteiger partial charge in [0.25, 0.3) is 0 Å². The lowest BCUT2D eigenvalue weighted by Gasteiger charge is -2.05. The van der Waals surface area contributed by atoms with Crippen LogP contribution < -0.4 is 4.74 Å². The third kappa shape index (κ3) is 2.62. The van der Waals surface area contributed by atoms with Gasteiger partial charge in [-0.1, -0.05) is 42.5 Å². The number of rotatable bonds is 3. The predicted octanol–water partition coefficient (Wildman–Crippen LogP) is 4.75. The van der Waals surface area contributed by atoms with Gasteiger partial charge in [-0.15, -0.1) is 0 Å². The Labute approximate surface area is 121 Å². The number of hydrogen-bond donors (Lipinski definition) is 0. The fourth-order valence-electron chi connectivity index (χ4n) is 3.05. The molecule has 0 spiro atoms. The summed E-state index contributed by atoms with van der Waals surface area (Å²) in [5.74, 6) is -1.63. The van der Waals surface area contributed by atoms with Crippen molar-refractivity contribution < 1.29 is 17.9 Å². The maximum atomic E-state index is 13.2. The summed E-state index contributed by atoms with van der Waals surface area (Å²) >= 11 is 0. The van der Waals surface area contributed by atoms with E-state index in [-0.39, 0.29) is 0 Å². The highest BCUT2D eigenvalue weighted by Crippen LogP contribution is 2.66. The van der Waals surface area contributed by atoms with Crippen molar-refractivity contribution in [3.8, 4) is 5.75 Å². The standard InChI is InChI=1S/C17H15F3O/c1-21-13-9-7-12(8-10-13)15-14(16(15)17(18,19)20)11-5-3-2-4-6-11/h2-10,14-16H,1H3/t14-,15-,16-/m0/s1. The Morgan fingerprint density at radius 1 is 0.810 bits per heavy atom. The molecule has 0 amide bonds. The minimum Gasteiger partial charge on any atom is -0.497 e. The monoisotopic (exact) mass is 292 g/mol. The van der Waals surface area contributed by atoms with Crippen LogP contribution >= 0.6 is 0 Å². The van der Waals surface area contributed by atoms with Gasteiger partial charge >= 0.3 is 6.18 Å². The summed E-state index contributed by atoms with van der Waals surface area (Å²) in [5, 5.41) is 0. The molecule has 0 unspecified atom stereocenters. The van der Waals surface area contributed by atoms with Gasteiger partial charge in [-0.05, 0) is 23.3 Å². The van der Waals surface area contributed by atoms with E-state index in [4.69, 9.17) is 4.74 Å². The molecule has 2 aromatic rings. The second-order valence-electron chi connectivity index (χ2n) is 5.30. The number of halogens is 3. The van der Waals surface area contributed by atoms with Crippen LogP contribution in [0.4, 0.5) is 13.2 Å². The van der Waals surface area contributed by atoms with Gasteiger partial charge in [0.15, 0.2) is 0 Å². The normalized spacial score (nSPS) is 24.7. The summed E-state index contributed by atoms with van der Waals surface area (Å²) in [6.45, 7) is 0. The zero-order chi connectivity index (χ0) is 15.0. The summed E-state index contributed by atoms with van der Waals surface area (Å²) in [6.07, 6.45) is -4.18. The van der Waals surface area contributed by atoms with E-state index >= 15 is 0 Å². The number of benzene rings is 2. The highest BCUT2D eigenvalue weighted by atomic mass is 19.4. The van der Waals surface area contributed by atoms with Crippen LogP contribution in [0, 0.1) is 5.92 Å². The predicted molar refractivity (Wildman–Crippen MR) is 74.5 cm³/mol. The van der Waals surface area contributed by atoms with Crippen LogP contribution in [0.2, 0.25) is 0 Å². The van der Waals surface area contributed by atoms with Gasteiger partial charge in [0, 0.05) is 11.8 Å². The topological polar surface area (TPSA) is 9.23 Å². The largest absolute Gasteiger partial charge is 0.497 e. The molecule has 0 bridgehead atoms. The second kappa shape index (κ2) is 5.10. The maximum absolute atomic E-state index is 13.2. The molecule has 3 rings (SSSR count). The fourth-order valence-corrected chi connectivity index (χ4v) is 3.05. The number of ether oxygens (including phenoxy) is 1. The lowest BCUT2D eigenvalue weighted by molar-refractivity contribution is -0.150. The Kier molecular flexibility index (Phi) is 3.40. The molecule has 0 N–H and O–H groups in total. The lowest BCUT2D eigenvalue weighted by Crippen LogP contribution is -2.12. The Morgan fingerprint density at radius 3 is 1.81 bits per heavy atom. The number of methoxy groups -OCH3 is 1. The van der Waals surface area contributed by atoms with Crippen molar-refractivity contribution in [2.45, 2.75) is 18.0 Å². The van der Waals surface area contributed by atoms with Crippen molar-refractivity contribution in [1.29, 1.82) is 0 Å². The first-order chi connectivity index (χ1) is 10.0. The Balaban J connectivity index is 1.92. The van der Waals surface area contributed by atoms with Crippen LogP contribution in [-0.2, 0) is 0 Å². The van der Waals surface area contributed by atoms with E-state index in [0.717, 1.165) is 5.56 Å². The average Bonchev–Trinajstić information content (AvgIpc) is 3.24. The van der Waals surface area contributed by atoms with E-state index in [0.29, 0.717) is 11.3 Å². The fraction of sp³-hybridized carbons (Fsp3) is 0.294. The molecule has 0 radical (unpaired) electrons. The first kappa shape index (κ1) is 14.0. The SMILES string of the molecule is COc1ccc([C@H]2[C@H](c3ccccc3)[C@@H]2C(F)(F)F)cc1. The van der Waals surface area contributed by atoms with E-state index < -0.39 is 23.9 Å². The molecule has 2 aromatic carbocycles. The number of alkyl halides is 3. The van der Waals surface area contributed by atoms with E-state index in [9.17, 15) is 13.2 Å². The summed E-state index contributed by atoms with van der Waals surface area (Å²) < 4.78 is 44.8. The van der Waals surface area contributed by atoms with Crippen LogP contribution in [0.3, 0.4) is 0 Å². The maximum Gasteiger partial charge on any atom is 0.393 e. The molecule has 0 aromatic heterocycles. The molecule has 110 valence electrons. The van der Waals surface area contributed by atoms with Gasteiger partial charge in [0.05, 0.1) is 13.0 Å². The first-order valence-corrected chi connectivity index (χ1v) is 6.78. The van der Waals surface area contributed by atoms with Crippen molar-refractivity contribution in [3.05, 3.63) is 65.7 Å². The van der Waals surface area contributed by atoms with Crippen molar-refractivity contribution in [1.82, 2.24) is 0 Å². The molecule has 0 aliphatic heterocycles. The Bertz CT molecular complexity index is 604. The second-order valence-corrected chi connectivity index (χ2v) is 5.30. The highest BCUT2D eigenvalue weighted by molar-refractivity contribution is 5.41. The molecular formula is C17H15F3O. The third-order valence-electron chi connectivity index (χ3n) is 4.08. The smallest absolute Gasteiger partial charge is 0.393 e. The van der Waals surface area contributed by atoms with E-state index in [1.165, 1.54) is 7.11 Å². The number of hydrogen-bond acceptors (Lipinski definition) is 1. The van der Waals surface area contributed by atoms with Crippen LogP contribution in [0.15, 0.2) is 54.6 Å². The van der Waals surface area contributed by atoms with Crippen molar-refractivity contribution in [2.24, 2.45) is 5.92 Å². The molecular weight excluding hydrogens is 277 g/mol. The van der Waals surface area contributed by atoms with Gasteiger partial charge in [-0.2, -0.15) is 13.2 Å². The molecule has 1 saturated carbocycles. The van der Waals surface area contributed by atoms with Gasteiger partial charge < -0.3 is 4.74 Å². The van der Waals surface area contributed by atoms with Crippen LogP contribution in [-0.4, -0.2) is 13.3 Å². The average molecular weight is 292 g/mol. The van der Waals surface area contributed by atoms with Crippen LogP contribution in [0.25, 0.3) is 0 Å². The summed E-state index contributed by atoms with van der Waals surface area (Å²) in [4.78, 5) is 0. The minimum atomic E-state index is -4.18. The van der Waals surface area contributed by atoms with E-state index in [2.05, 4.69) is 0 Å². The minimum absolute atomic E-state index is 0.486. The summed E-state index contributed by atoms with van der Waals surface area (Å²) in [5.41, 5.74) is 1.47. The molecule has 1 fully saturated rings. The first-order valence-electron chi connectivity index (χ1n) is 6.78. The molecule has 1 aliphatic rings. The van der Waals surface area contributed by atoms with Crippen molar-refractivity contribution >= 4 is 0 Å². The molecule has 1 aliphatic carbocycles. The van der Waals surface area contributed by atoms with Gasteiger partial charge in [0.1, 0.15) is 5.75 Å². The molecule has 0 heterocycles. The van der Waals surface area contributed by atoms with Gasteiger partial charge in [0.2, 0.25) is 0 Å². The Morgan fingerprint density at radius 2 is 1.33 bits per heavy atom. The molecule has 21 heavy (non-hydrogen) atoms. The molecule has 0 saturated heterocycles. The third-order valence-corrected chi connectivity index (χ3v) is 4.08. The zero-order valence-corrected chi connectivity index (χ0v) is 11.5. The Hall–Kier alpha value is -1.97. The van der Waals surface area contributed by atoms with Crippen molar-refractivity contribution in [3.63, 3.8) is 0 Å². The zero-order valence-electron chi connectivity index (χ0n) is 11.5. The van der Waals surface area contributed by atoms with Crippen molar-refractivity contribution in [2.75, 3.05) is 7.11 Å². The van der Waals surface area contributed by atoms with Gasteiger partial charge in [-0.3, -0.25) is 0 Å². The van der Waals surface area contributed by atoms with E-state index in [1.807, 2.05) is 6.07 Å². The summed E-state index contributed by atoms with van der Waals surface area (Å²) in [6, 6.07) is 15.8. The van der Waals surface area contributed by atoms with E-state index in [1.54, 1.807) is 48.5 Å². The molecule has 1 nitrogen and oxygen atoms in total. The lowest BCUT2D eigenvalue weighted by atomic mass is 10.0. The van der Waals surface area contributed by atoms with Crippen LogP contribution in [0.5, 0.6) is 5.75 Å². The molecule has 4 heteroatoms. The van der Waals surface area contributed by atoms with Gasteiger partial charge in [-0.25, -0.2) is 0 Å². The summed E-state index contributed by atoms with van der Waals surface area (Å²) in [7, 11) is 1.54. The quantitative estimate of drug-likeness (QED) is 0.793. The molecule has 3 atom stereocenters. The highest BCUT2D eigenvalue weighted by Gasteiger charge is 2.64. The van der Waals surface area contributed by atoms with Crippen LogP contribution in [0.1, 0.15) is 23.0 Å².